The van der Waals surface area contributed by atoms with Gasteiger partial charge in [-0.15, -0.1) is 0 Å². The van der Waals surface area contributed by atoms with Gasteiger partial charge in [0.2, 0.25) is 0 Å². The lowest BCUT2D eigenvalue weighted by molar-refractivity contribution is -0.699. The summed E-state index contributed by atoms with van der Waals surface area (Å²) in [4.78, 5) is 14.3. The molecule has 3 heterocycles. The van der Waals surface area contributed by atoms with Gasteiger partial charge in [-0.2, -0.15) is 0 Å². The van der Waals surface area contributed by atoms with Crippen molar-refractivity contribution >= 4 is 5.78 Å². The van der Waals surface area contributed by atoms with Gasteiger partial charge in [-0.1, -0.05) is 27.7 Å². The van der Waals surface area contributed by atoms with E-state index in [1.807, 2.05) is 13.8 Å². The molecule has 2 unspecified atom stereocenters. The predicted molar refractivity (Wildman–Crippen MR) is 188 cm³/mol. The van der Waals surface area contributed by atoms with Crippen LogP contribution in [0.25, 0.3) is 0 Å². The highest BCUT2D eigenvalue weighted by Gasteiger charge is 2.78. The number of Topliss-reactive ketones (excluding diaryl/α,β-unsaturated/α-hetero) is 1. The first-order valence-corrected chi connectivity index (χ1v) is 20.5. The summed E-state index contributed by atoms with van der Waals surface area (Å²) in [6, 6.07) is 0. The fourth-order valence-electron chi connectivity index (χ4n) is 13.9. The van der Waals surface area contributed by atoms with Gasteiger partial charge >= 0.3 is 0 Å². The van der Waals surface area contributed by atoms with Gasteiger partial charge in [-0.05, 0) is 137 Å². The molecular weight excluding hydrogens is 632 g/mol. The number of carbonyl (C=O) groups excluding carboxylic acids is 1. The van der Waals surface area contributed by atoms with E-state index < -0.39 is 39.8 Å². The third-order valence-corrected chi connectivity index (χ3v) is 17.4. The summed E-state index contributed by atoms with van der Waals surface area (Å²) < 4.78 is 13.8. The first-order chi connectivity index (χ1) is 23.6. The summed E-state index contributed by atoms with van der Waals surface area (Å²) in [5, 5.41) is 49.7. The maximum atomic E-state index is 14.3. The lowest BCUT2D eigenvalue weighted by Gasteiger charge is -2.63. The molecule has 9 nitrogen and oxygen atoms in total. The number of rotatable bonds is 8. The Bertz CT molecular complexity index is 1400. The second-order valence-corrected chi connectivity index (χ2v) is 19.9. The molecule has 3 aliphatic heterocycles. The number of epoxide rings is 1. The summed E-state index contributed by atoms with van der Waals surface area (Å²) in [6.07, 6.45) is 10.5. The van der Waals surface area contributed by atoms with Crippen LogP contribution in [-0.4, -0.2) is 87.2 Å². The molecule has 8 aliphatic rings. The van der Waals surface area contributed by atoms with Crippen LogP contribution >= 0.6 is 0 Å². The molecule has 3 saturated heterocycles. The Hall–Kier alpha value is -0.910. The van der Waals surface area contributed by atoms with Crippen molar-refractivity contribution in [2.45, 2.75) is 166 Å². The molecule has 5 aliphatic carbocycles. The molecule has 9 heteroatoms. The van der Waals surface area contributed by atoms with Crippen molar-refractivity contribution in [2.75, 3.05) is 19.8 Å². The Balaban J connectivity index is 1.12. The Labute approximate surface area is 299 Å². The number of nitrogens with two attached hydrogens (primary N) is 2. The molecule has 0 bridgehead atoms. The van der Waals surface area contributed by atoms with Gasteiger partial charge in [-0.25, -0.2) is 0 Å². The van der Waals surface area contributed by atoms with Crippen LogP contribution in [0.2, 0.25) is 0 Å². The number of aliphatic hydroxyl groups excluding tert-OH is 2. The van der Waals surface area contributed by atoms with Crippen LogP contribution in [0, 0.1) is 51.8 Å². The molecule has 0 aromatic rings. The molecule has 3 saturated carbocycles. The summed E-state index contributed by atoms with van der Waals surface area (Å²) in [5.74, 6) is 1.11. The molecular formula is C41H67N2O7+. The zero-order valence-electron chi connectivity index (χ0n) is 31.5. The van der Waals surface area contributed by atoms with Crippen LogP contribution in [0.4, 0.5) is 0 Å². The zero-order chi connectivity index (χ0) is 35.6. The minimum Gasteiger partial charge on any atom is -0.396 e. The lowest BCUT2D eigenvalue weighted by atomic mass is 9.42. The van der Waals surface area contributed by atoms with Crippen molar-refractivity contribution < 1.29 is 40.0 Å². The fourth-order valence-corrected chi connectivity index (χ4v) is 13.9. The van der Waals surface area contributed by atoms with Crippen molar-refractivity contribution in [1.82, 2.24) is 0 Å². The van der Waals surface area contributed by atoms with E-state index in [1.54, 1.807) is 0 Å². The number of carbonyl (C=O) groups is 1. The number of hydrogen-bond donors (Lipinski definition) is 6. The van der Waals surface area contributed by atoms with E-state index >= 15 is 0 Å². The quantitative estimate of drug-likeness (QED) is 0.210. The van der Waals surface area contributed by atoms with Crippen molar-refractivity contribution in [2.24, 2.45) is 57.5 Å². The van der Waals surface area contributed by atoms with Gasteiger partial charge in [0.25, 0.3) is 0 Å². The number of piperidine rings is 1. The second kappa shape index (κ2) is 12.0. The van der Waals surface area contributed by atoms with Gasteiger partial charge in [-0.3, -0.25) is 10.5 Å². The van der Waals surface area contributed by atoms with E-state index in [4.69, 9.17) is 15.2 Å². The third-order valence-electron chi connectivity index (χ3n) is 17.4. The summed E-state index contributed by atoms with van der Waals surface area (Å²) >= 11 is 0. The molecule has 0 spiro atoms. The number of aliphatic hydroxyl groups is 4. The highest BCUT2D eigenvalue weighted by molar-refractivity contribution is 6.00. The van der Waals surface area contributed by atoms with Crippen LogP contribution in [0.3, 0.4) is 0 Å². The smallest absolute Gasteiger partial charge is 0.162 e. The first-order valence-electron chi connectivity index (χ1n) is 20.5. The van der Waals surface area contributed by atoms with E-state index in [9.17, 15) is 25.2 Å². The monoisotopic (exact) mass is 699 g/mol. The van der Waals surface area contributed by atoms with Crippen LogP contribution in [0.15, 0.2) is 11.1 Å². The SMILES string of the molecule is C[C@H]1CCO[C@@]([C@@H]2O[C@@H]2[C@](C)(O)[C@](C)(CO)CCC2CC[NH2+]C(N)C2)([C@@H]2C[C@H]3CCC4=C5[C@H](CC[C@@]2(C)[C@]53O)[C@]2(C)CC[C@H](O)C[C@H]2C4=O)C1. The van der Waals surface area contributed by atoms with E-state index in [0.29, 0.717) is 37.7 Å². The van der Waals surface area contributed by atoms with Crippen molar-refractivity contribution in [3.8, 4) is 0 Å². The number of hydrogen-bond acceptors (Lipinski definition) is 8. The van der Waals surface area contributed by atoms with Crippen LogP contribution < -0.4 is 11.1 Å². The standard InChI is InChI=1S/C41H66N2O7/c1-23-12-17-49-40(21-23,35-34(50-35)39(5,47)36(2,22-44)13-8-24-11-16-43-31(42)18-24)30-19-25-6-7-27-32-28(10-15-38(30,4)41(25,32)48)37(3)14-9-26(45)20-29(37)33(27)46/h23-26,28-31,34-35,43-45,47-48H,6-22,42H2,1-5H3/p+1/t23-,24?,25+,26-,28-,29-,30+,31?,34-,35+,36-,37-,38+,39-,40+,41+/m0/s1. The zero-order valence-corrected chi connectivity index (χ0v) is 31.5. The molecule has 0 amide bonds. The summed E-state index contributed by atoms with van der Waals surface area (Å²) in [5.41, 5.74) is 3.64. The van der Waals surface area contributed by atoms with Crippen molar-refractivity contribution in [3.63, 3.8) is 0 Å². The van der Waals surface area contributed by atoms with Crippen LogP contribution in [0.1, 0.15) is 125 Å². The second-order valence-electron chi connectivity index (χ2n) is 19.9. The molecule has 0 radical (unpaired) electrons. The minimum absolute atomic E-state index is 0.000480. The van der Waals surface area contributed by atoms with Gasteiger partial charge in [0.1, 0.15) is 24.0 Å². The van der Waals surface area contributed by atoms with Gasteiger partial charge in [0, 0.05) is 29.8 Å². The van der Waals surface area contributed by atoms with Gasteiger partial charge in [0.05, 0.1) is 30.5 Å². The normalized spacial score (nSPS) is 52.5. The minimum atomic E-state index is -1.28. The van der Waals surface area contributed by atoms with Crippen LogP contribution in [0.5, 0.6) is 0 Å². The maximum Gasteiger partial charge on any atom is 0.162 e. The number of ketones is 1. The van der Waals surface area contributed by atoms with E-state index in [1.165, 1.54) is 0 Å². The molecule has 8 rings (SSSR count). The summed E-state index contributed by atoms with van der Waals surface area (Å²) in [7, 11) is 0. The topological polar surface area (TPSA) is 162 Å². The molecule has 50 heavy (non-hydrogen) atoms. The number of fused-ring (bicyclic) bond motifs is 2. The van der Waals surface area contributed by atoms with E-state index in [0.717, 1.165) is 88.3 Å². The maximum absolute atomic E-state index is 14.3. The lowest BCUT2D eigenvalue weighted by Crippen LogP contribution is -2.94. The number of allylic oxidation sites excluding steroid dienone is 1. The average molecular weight is 700 g/mol. The largest absolute Gasteiger partial charge is 0.396 e. The molecule has 0 aromatic carbocycles. The highest BCUT2D eigenvalue weighted by atomic mass is 16.6. The number of ether oxygens (including phenoxy) is 2. The Morgan fingerprint density at radius 1 is 1.04 bits per heavy atom. The Morgan fingerprint density at radius 3 is 2.54 bits per heavy atom. The Morgan fingerprint density at radius 2 is 1.82 bits per heavy atom. The average Bonchev–Trinajstić information content (AvgIpc) is 3.86. The molecule has 6 fully saturated rings. The van der Waals surface area contributed by atoms with Gasteiger partial charge < -0.3 is 35.2 Å². The van der Waals surface area contributed by atoms with Gasteiger partial charge in [0.15, 0.2) is 5.78 Å². The molecule has 282 valence electrons. The summed E-state index contributed by atoms with van der Waals surface area (Å²) in [6.45, 7) is 12.3. The number of quaternary nitrogens is 1. The predicted octanol–water partition coefficient (Wildman–Crippen LogP) is 3.35. The molecule has 16 atom stereocenters. The highest BCUT2D eigenvalue weighted by Crippen LogP contribution is 2.75. The van der Waals surface area contributed by atoms with E-state index in [2.05, 4.69) is 26.1 Å². The molecule has 8 N–H and O–H groups in total. The van der Waals surface area contributed by atoms with E-state index in [-0.39, 0.29) is 53.7 Å². The van der Waals surface area contributed by atoms with Crippen molar-refractivity contribution in [1.29, 1.82) is 0 Å². The molecule has 0 aromatic heterocycles. The Kier molecular flexibility index (Phi) is 8.69. The first kappa shape index (κ1) is 36.1. The van der Waals surface area contributed by atoms with Crippen molar-refractivity contribution in [3.05, 3.63) is 11.1 Å². The van der Waals surface area contributed by atoms with Crippen LogP contribution in [-0.2, 0) is 14.3 Å². The third kappa shape index (κ3) is 4.89. The fraction of sp³-hybridized carbons (Fsp3) is 0.927.